The van der Waals surface area contributed by atoms with Gasteiger partial charge in [0.1, 0.15) is 0 Å². The zero-order chi connectivity index (χ0) is 12.3. The molecule has 1 aromatic heterocycles. The Morgan fingerprint density at radius 2 is 2.00 bits per heavy atom. The Hall–Kier alpha value is -1.68. The smallest absolute Gasteiger partial charge is 0.229 e. The molecule has 4 heteroatoms. The average molecular weight is 231 g/mol. The van der Waals surface area contributed by atoms with Gasteiger partial charge in [0.25, 0.3) is 0 Å². The molecule has 2 N–H and O–H groups in total. The first-order valence-corrected chi connectivity index (χ1v) is 5.81. The number of rotatable bonds is 4. The summed E-state index contributed by atoms with van der Waals surface area (Å²) in [6.07, 6.45) is 0.857. The summed E-state index contributed by atoms with van der Waals surface area (Å²) < 4.78 is 5.25. The van der Waals surface area contributed by atoms with Crippen molar-refractivity contribution in [3.63, 3.8) is 0 Å². The highest BCUT2D eigenvalue weighted by Gasteiger charge is 2.14. The maximum Gasteiger partial charge on any atom is 0.229 e. The van der Waals surface area contributed by atoms with Crippen molar-refractivity contribution in [3.8, 4) is 11.4 Å². The fourth-order valence-corrected chi connectivity index (χ4v) is 1.63. The third-order valence-electron chi connectivity index (χ3n) is 2.77. The van der Waals surface area contributed by atoms with E-state index < -0.39 is 0 Å². The number of hydrogen-bond acceptors (Lipinski definition) is 4. The lowest BCUT2D eigenvalue weighted by Gasteiger charge is -2.01. The molecule has 0 saturated carbocycles. The highest BCUT2D eigenvalue weighted by Crippen LogP contribution is 2.21. The highest BCUT2D eigenvalue weighted by molar-refractivity contribution is 5.54. The van der Waals surface area contributed by atoms with Crippen molar-refractivity contribution in [2.45, 2.75) is 26.2 Å². The lowest BCUT2D eigenvalue weighted by atomic mass is 10.1. The Morgan fingerprint density at radius 1 is 1.29 bits per heavy atom. The Morgan fingerprint density at radius 3 is 2.65 bits per heavy atom. The summed E-state index contributed by atoms with van der Waals surface area (Å²) >= 11 is 0. The molecule has 0 fully saturated rings. The molecular formula is C13H17N3O. The molecule has 17 heavy (non-hydrogen) atoms. The molecule has 1 unspecified atom stereocenters. The molecule has 0 amide bonds. The van der Waals surface area contributed by atoms with Crippen molar-refractivity contribution in [2.24, 2.45) is 5.73 Å². The highest BCUT2D eigenvalue weighted by atomic mass is 16.5. The molecule has 1 heterocycles. The zero-order valence-corrected chi connectivity index (χ0v) is 10.2. The van der Waals surface area contributed by atoms with E-state index in [1.54, 1.807) is 0 Å². The third kappa shape index (κ3) is 2.71. The van der Waals surface area contributed by atoms with Crippen LogP contribution in [0.25, 0.3) is 11.4 Å². The molecule has 0 aliphatic carbocycles. The number of nitrogens with two attached hydrogens (primary N) is 1. The lowest BCUT2D eigenvalue weighted by molar-refractivity contribution is 0.355. The van der Waals surface area contributed by atoms with E-state index in [4.69, 9.17) is 10.3 Å². The molecule has 0 radical (unpaired) electrons. The third-order valence-corrected chi connectivity index (χ3v) is 2.77. The topological polar surface area (TPSA) is 64.9 Å². The quantitative estimate of drug-likeness (QED) is 0.878. The van der Waals surface area contributed by atoms with Gasteiger partial charge in [-0.3, -0.25) is 0 Å². The van der Waals surface area contributed by atoms with Gasteiger partial charge in [-0.1, -0.05) is 41.9 Å². The molecule has 1 aromatic carbocycles. The van der Waals surface area contributed by atoms with E-state index in [-0.39, 0.29) is 5.92 Å². The molecule has 0 aliphatic heterocycles. The van der Waals surface area contributed by atoms with Crippen molar-refractivity contribution in [3.05, 3.63) is 35.7 Å². The van der Waals surface area contributed by atoms with Gasteiger partial charge in [-0.25, -0.2) is 0 Å². The van der Waals surface area contributed by atoms with Crippen LogP contribution in [-0.4, -0.2) is 16.7 Å². The second-order valence-corrected chi connectivity index (χ2v) is 4.30. The SMILES string of the molecule is Cc1ccc(-c2noc(C(C)CCN)n2)cc1. The van der Waals surface area contributed by atoms with Crippen LogP contribution in [0.15, 0.2) is 28.8 Å². The van der Waals surface area contributed by atoms with Gasteiger partial charge in [-0.2, -0.15) is 4.98 Å². The van der Waals surface area contributed by atoms with Crippen LogP contribution in [0, 0.1) is 6.92 Å². The van der Waals surface area contributed by atoms with Crippen LogP contribution in [0.5, 0.6) is 0 Å². The van der Waals surface area contributed by atoms with Crippen LogP contribution in [0.1, 0.15) is 30.7 Å². The number of nitrogens with zero attached hydrogens (tertiary/aromatic N) is 2. The zero-order valence-electron chi connectivity index (χ0n) is 10.2. The average Bonchev–Trinajstić information content (AvgIpc) is 2.80. The maximum atomic E-state index is 5.51. The minimum absolute atomic E-state index is 0.215. The van der Waals surface area contributed by atoms with Gasteiger partial charge in [-0.05, 0) is 19.9 Å². The van der Waals surface area contributed by atoms with Crippen LogP contribution in [0.2, 0.25) is 0 Å². The summed E-state index contributed by atoms with van der Waals surface area (Å²) in [6, 6.07) is 8.07. The van der Waals surface area contributed by atoms with Gasteiger partial charge in [-0.15, -0.1) is 0 Å². The standard InChI is InChI=1S/C13H17N3O/c1-9-3-5-11(6-4-9)12-15-13(17-16-12)10(2)7-8-14/h3-6,10H,7-8,14H2,1-2H3. The van der Waals surface area contributed by atoms with E-state index in [1.165, 1.54) is 5.56 Å². The summed E-state index contributed by atoms with van der Waals surface area (Å²) in [7, 11) is 0. The molecule has 2 aromatic rings. The molecule has 90 valence electrons. The Bertz CT molecular complexity index is 476. The Kier molecular flexibility index (Phi) is 3.54. The van der Waals surface area contributed by atoms with Gasteiger partial charge in [0, 0.05) is 11.5 Å². The Balaban J connectivity index is 2.20. The summed E-state index contributed by atoms with van der Waals surface area (Å²) in [5, 5.41) is 3.99. The first-order valence-electron chi connectivity index (χ1n) is 5.81. The van der Waals surface area contributed by atoms with Gasteiger partial charge < -0.3 is 10.3 Å². The van der Waals surface area contributed by atoms with Crippen LogP contribution >= 0.6 is 0 Å². The first-order chi connectivity index (χ1) is 8.20. The molecule has 0 saturated heterocycles. The normalized spacial score (nSPS) is 12.6. The molecule has 0 bridgehead atoms. The molecular weight excluding hydrogens is 214 g/mol. The van der Waals surface area contributed by atoms with Gasteiger partial charge >= 0.3 is 0 Å². The van der Waals surface area contributed by atoms with Crippen LogP contribution < -0.4 is 5.73 Å². The number of hydrogen-bond donors (Lipinski definition) is 1. The van der Waals surface area contributed by atoms with Gasteiger partial charge in [0.15, 0.2) is 0 Å². The summed E-state index contributed by atoms with van der Waals surface area (Å²) in [5.74, 6) is 1.52. The summed E-state index contributed by atoms with van der Waals surface area (Å²) in [5.41, 5.74) is 7.71. The largest absolute Gasteiger partial charge is 0.339 e. The van der Waals surface area contributed by atoms with Crippen molar-refractivity contribution in [1.82, 2.24) is 10.1 Å². The van der Waals surface area contributed by atoms with E-state index >= 15 is 0 Å². The predicted molar refractivity (Wildman–Crippen MR) is 66.6 cm³/mol. The minimum Gasteiger partial charge on any atom is -0.339 e. The van der Waals surface area contributed by atoms with Crippen LogP contribution in [-0.2, 0) is 0 Å². The van der Waals surface area contributed by atoms with Crippen molar-refractivity contribution < 1.29 is 4.52 Å². The molecule has 2 rings (SSSR count). The second kappa shape index (κ2) is 5.10. The van der Waals surface area contributed by atoms with E-state index in [1.807, 2.05) is 31.2 Å². The number of aromatic nitrogens is 2. The molecule has 0 aliphatic rings. The van der Waals surface area contributed by atoms with Crippen molar-refractivity contribution in [1.29, 1.82) is 0 Å². The summed E-state index contributed by atoms with van der Waals surface area (Å²) in [4.78, 5) is 4.40. The fraction of sp³-hybridized carbons (Fsp3) is 0.385. The van der Waals surface area contributed by atoms with E-state index in [0.29, 0.717) is 18.3 Å². The fourth-order valence-electron chi connectivity index (χ4n) is 1.63. The predicted octanol–water partition coefficient (Wildman–Crippen LogP) is 2.50. The first kappa shape index (κ1) is 11.8. The van der Waals surface area contributed by atoms with Crippen LogP contribution in [0.3, 0.4) is 0 Å². The maximum absolute atomic E-state index is 5.51. The number of aryl methyl sites for hydroxylation is 1. The Labute approximate surface area is 101 Å². The lowest BCUT2D eigenvalue weighted by Crippen LogP contribution is -2.04. The summed E-state index contributed by atoms with van der Waals surface area (Å²) in [6.45, 7) is 4.72. The van der Waals surface area contributed by atoms with Crippen LogP contribution in [0.4, 0.5) is 0 Å². The van der Waals surface area contributed by atoms with E-state index in [9.17, 15) is 0 Å². The van der Waals surface area contributed by atoms with E-state index in [0.717, 1.165) is 12.0 Å². The van der Waals surface area contributed by atoms with Gasteiger partial charge in [0.2, 0.25) is 11.7 Å². The molecule has 0 spiro atoms. The molecule has 4 nitrogen and oxygen atoms in total. The monoisotopic (exact) mass is 231 g/mol. The van der Waals surface area contributed by atoms with Gasteiger partial charge in [0.05, 0.1) is 0 Å². The van der Waals surface area contributed by atoms with E-state index in [2.05, 4.69) is 17.1 Å². The minimum atomic E-state index is 0.215. The number of benzene rings is 1. The second-order valence-electron chi connectivity index (χ2n) is 4.30. The molecule has 1 atom stereocenters. The van der Waals surface area contributed by atoms with Crippen molar-refractivity contribution >= 4 is 0 Å². The van der Waals surface area contributed by atoms with Crippen molar-refractivity contribution in [2.75, 3.05) is 6.54 Å².